The lowest BCUT2D eigenvalue weighted by Crippen LogP contribution is -2.24. The molecule has 0 aromatic heterocycles. The Morgan fingerprint density at radius 1 is 1.19 bits per heavy atom. The van der Waals surface area contributed by atoms with Gasteiger partial charge in [0.25, 0.3) is 5.91 Å². The molecule has 0 spiro atoms. The molecule has 0 aliphatic carbocycles. The van der Waals surface area contributed by atoms with E-state index < -0.39 is 5.91 Å². The molecule has 2 aromatic rings. The smallest absolute Gasteiger partial charge is 0.277 e. The number of hydrazone groups is 1. The second kappa shape index (κ2) is 10.5. The molecule has 7 heteroatoms. The van der Waals surface area contributed by atoms with Crippen molar-refractivity contribution in [3.05, 3.63) is 52.5 Å². The van der Waals surface area contributed by atoms with Crippen molar-refractivity contribution in [1.29, 1.82) is 0 Å². The number of carbonyl (C=O) groups excluding carboxylic acids is 1. The third kappa shape index (κ3) is 6.76. The van der Waals surface area contributed by atoms with Crippen LogP contribution >= 0.6 is 15.9 Å². The maximum absolute atomic E-state index is 11.8. The number of ether oxygens (including phenoxy) is 2. The predicted octanol–water partition coefficient (Wildman–Crippen LogP) is 3.86. The van der Waals surface area contributed by atoms with Crippen LogP contribution in [0.3, 0.4) is 0 Å². The van der Waals surface area contributed by atoms with Gasteiger partial charge in [-0.25, -0.2) is 5.43 Å². The summed E-state index contributed by atoms with van der Waals surface area (Å²) in [6.07, 6.45) is 3.46. The van der Waals surface area contributed by atoms with E-state index in [0.717, 1.165) is 23.1 Å². The Hall–Kier alpha value is -2.54. The molecule has 0 bridgehead atoms. The summed E-state index contributed by atoms with van der Waals surface area (Å²) in [5, 5.41) is 13.5. The van der Waals surface area contributed by atoms with Gasteiger partial charge in [0.2, 0.25) is 0 Å². The van der Waals surface area contributed by atoms with E-state index >= 15 is 0 Å². The number of amides is 1. The van der Waals surface area contributed by atoms with Crippen molar-refractivity contribution in [2.75, 3.05) is 13.2 Å². The Kier molecular flexibility index (Phi) is 7.95. The topological polar surface area (TPSA) is 80.2 Å². The quantitative estimate of drug-likeness (QED) is 0.366. The number of nitrogens with one attached hydrogen (secondary N) is 1. The number of rotatable bonds is 9. The Balaban J connectivity index is 1.76. The molecule has 0 atom stereocenters. The van der Waals surface area contributed by atoms with Crippen molar-refractivity contribution < 1.29 is 19.4 Å². The lowest BCUT2D eigenvalue weighted by molar-refractivity contribution is -0.123. The van der Waals surface area contributed by atoms with Gasteiger partial charge in [-0.3, -0.25) is 4.79 Å². The van der Waals surface area contributed by atoms with Crippen molar-refractivity contribution in [1.82, 2.24) is 5.43 Å². The molecule has 1 amide bonds. The van der Waals surface area contributed by atoms with Gasteiger partial charge in [-0.1, -0.05) is 29.3 Å². The first-order valence-electron chi connectivity index (χ1n) is 8.24. The van der Waals surface area contributed by atoms with Gasteiger partial charge >= 0.3 is 0 Å². The van der Waals surface area contributed by atoms with Gasteiger partial charge in [-0.15, -0.1) is 0 Å². The number of benzene rings is 2. The minimum absolute atomic E-state index is 0.0729. The van der Waals surface area contributed by atoms with E-state index in [1.807, 2.05) is 0 Å². The van der Waals surface area contributed by atoms with Gasteiger partial charge in [0.05, 0.1) is 12.8 Å². The van der Waals surface area contributed by atoms with Crippen molar-refractivity contribution in [2.24, 2.45) is 5.10 Å². The zero-order chi connectivity index (χ0) is 18.8. The number of phenolic OH excluding ortho intramolecular Hbond substituents is 1. The number of phenols is 1. The fraction of sp³-hybridized carbons (Fsp3) is 0.263. The summed E-state index contributed by atoms with van der Waals surface area (Å²) in [7, 11) is 0. The molecule has 2 N–H and O–H groups in total. The van der Waals surface area contributed by atoms with Crippen molar-refractivity contribution >= 4 is 28.1 Å². The predicted molar refractivity (Wildman–Crippen MR) is 104 cm³/mol. The largest absolute Gasteiger partial charge is 0.507 e. The highest BCUT2D eigenvalue weighted by Gasteiger charge is 2.03. The van der Waals surface area contributed by atoms with Crippen LogP contribution < -0.4 is 14.9 Å². The zero-order valence-electron chi connectivity index (χ0n) is 14.4. The second-order valence-electron chi connectivity index (χ2n) is 5.46. The van der Waals surface area contributed by atoms with Crippen LogP contribution in [0.15, 0.2) is 52.0 Å². The molecule has 0 fully saturated rings. The maximum Gasteiger partial charge on any atom is 0.277 e. The Bertz CT molecular complexity index is 748. The number of hydrogen-bond donors (Lipinski definition) is 2. The summed E-state index contributed by atoms with van der Waals surface area (Å²) < 4.78 is 11.8. The minimum atomic E-state index is -0.404. The van der Waals surface area contributed by atoms with E-state index in [9.17, 15) is 9.90 Å². The summed E-state index contributed by atoms with van der Waals surface area (Å²) in [5.41, 5.74) is 2.83. The summed E-state index contributed by atoms with van der Waals surface area (Å²) in [6, 6.07) is 12.0. The summed E-state index contributed by atoms with van der Waals surface area (Å²) in [5.74, 6) is 1.01. The standard InChI is InChI=1S/C19H21BrN2O4/c1-2-3-10-25-16-5-7-17(8-6-16)26-13-19(24)22-21-12-14-11-15(20)4-9-18(14)23/h4-9,11-12,23H,2-3,10,13H2,1H3,(H,22,24)/b21-12-. The molecule has 0 unspecified atom stereocenters. The van der Waals surface area contributed by atoms with Gasteiger partial charge in [-0.2, -0.15) is 5.10 Å². The Morgan fingerprint density at radius 2 is 1.88 bits per heavy atom. The number of hydrogen-bond acceptors (Lipinski definition) is 5. The molecular formula is C19H21BrN2O4. The molecule has 6 nitrogen and oxygen atoms in total. The van der Waals surface area contributed by atoms with Gasteiger partial charge in [0.1, 0.15) is 17.2 Å². The molecule has 0 saturated heterocycles. The summed E-state index contributed by atoms with van der Waals surface area (Å²) in [6.45, 7) is 2.62. The Labute approximate surface area is 161 Å². The van der Waals surface area contributed by atoms with Crippen LogP contribution in [-0.2, 0) is 4.79 Å². The number of nitrogens with zero attached hydrogens (tertiary/aromatic N) is 1. The molecule has 0 aliphatic heterocycles. The number of halogens is 1. The average Bonchev–Trinajstić information content (AvgIpc) is 2.64. The third-order valence-corrected chi connectivity index (χ3v) is 3.84. The lowest BCUT2D eigenvalue weighted by atomic mass is 10.2. The van der Waals surface area contributed by atoms with Crippen LogP contribution in [0, 0.1) is 0 Å². The third-order valence-electron chi connectivity index (χ3n) is 3.34. The summed E-state index contributed by atoms with van der Waals surface area (Å²) >= 11 is 3.30. The van der Waals surface area contributed by atoms with Crippen LogP contribution in [0.25, 0.3) is 0 Å². The maximum atomic E-state index is 11.8. The fourth-order valence-corrected chi connectivity index (χ4v) is 2.33. The number of carbonyl (C=O) groups is 1. The molecule has 0 radical (unpaired) electrons. The van der Waals surface area contributed by atoms with Crippen molar-refractivity contribution in [2.45, 2.75) is 19.8 Å². The van der Waals surface area contributed by atoms with Crippen molar-refractivity contribution in [3.63, 3.8) is 0 Å². The monoisotopic (exact) mass is 420 g/mol. The fourth-order valence-electron chi connectivity index (χ4n) is 1.95. The highest BCUT2D eigenvalue weighted by Crippen LogP contribution is 2.20. The van der Waals surface area contributed by atoms with Crippen LogP contribution in [0.5, 0.6) is 17.2 Å². The lowest BCUT2D eigenvalue weighted by Gasteiger charge is -2.08. The first-order valence-corrected chi connectivity index (χ1v) is 9.04. The van der Waals surface area contributed by atoms with Crippen LogP contribution in [-0.4, -0.2) is 30.4 Å². The second-order valence-corrected chi connectivity index (χ2v) is 6.37. The van der Waals surface area contributed by atoms with Crippen LogP contribution in [0.1, 0.15) is 25.3 Å². The highest BCUT2D eigenvalue weighted by atomic mass is 79.9. The minimum Gasteiger partial charge on any atom is -0.507 e. The molecule has 0 aliphatic rings. The van der Waals surface area contributed by atoms with E-state index in [1.54, 1.807) is 36.4 Å². The van der Waals surface area contributed by atoms with E-state index in [-0.39, 0.29) is 12.4 Å². The first-order chi connectivity index (χ1) is 12.6. The average molecular weight is 421 g/mol. The van der Waals surface area contributed by atoms with Crippen LogP contribution in [0.2, 0.25) is 0 Å². The number of aromatic hydroxyl groups is 1. The van der Waals surface area contributed by atoms with E-state index in [2.05, 4.69) is 33.4 Å². The van der Waals surface area contributed by atoms with E-state index in [4.69, 9.17) is 9.47 Å². The van der Waals surface area contributed by atoms with E-state index in [0.29, 0.717) is 17.9 Å². The molecule has 138 valence electrons. The normalized spacial score (nSPS) is 10.7. The van der Waals surface area contributed by atoms with Crippen LogP contribution in [0.4, 0.5) is 0 Å². The molecule has 26 heavy (non-hydrogen) atoms. The van der Waals surface area contributed by atoms with Crippen molar-refractivity contribution in [3.8, 4) is 17.2 Å². The summed E-state index contributed by atoms with van der Waals surface area (Å²) in [4.78, 5) is 11.8. The number of unbranched alkanes of at least 4 members (excludes halogenated alkanes) is 1. The van der Waals surface area contributed by atoms with E-state index in [1.165, 1.54) is 12.3 Å². The van der Waals surface area contributed by atoms with Gasteiger partial charge in [-0.05, 0) is 48.9 Å². The molecule has 2 rings (SSSR count). The molecular weight excluding hydrogens is 400 g/mol. The SMILES string of the molecule is CCCCOc1ccc(OCC(=O)N/N=C\c2cc(Br)ccc2O)cc1. The Morgan fingerprint density at radius 3 is 2.58 bits per heavy atom. The first kappa shape index (κ1) is 19.8. The molecule has 0 saturated carbocycles. The van der Waals surface area contributed by atoms with Gasteiger partial charge in [0, 0.05) is 10.0 Å². The highest BCUT2D eigenvalue weighted by molar-refractivity contribution is 9.10. The molecule has 0 heterocycles. The zero-order valence-corrected chi connectivity index (χ0v) is 16.0. The van der Waals surface area contributed by atoms with Gasteiger partial charge < -0.3 is 14.6 Å². The molecule has 2 aromatic carbocycles. The van der Waals surface area contributed by atoms with Gasteiger partial charge in [0.15, 0.2) is 6.61 Å².